The van der Waals surface area contributed by atoms with Crippen LogP contribution in [0.25, 0.3) is 0 Å². The lowest BCUT2D eigenvalue weighted by Crippen LogP contribution is -2.12. The maximum absolute atomic E-state index is 5.45. The van der Waals surface area contributed by atoms with Gasteiger partial charge in [-0.05, 0) is 13.0 Å². The van der Waals surface area contributed by atoms with Crippen LogP contribution in [0, 0.1) is 12.3 Å². The minimum Gasteiger partial charge on any atom is -0.402 e. The second kappa shape index (κ2) is 16.7. The molecule has 2 N–H and O–H groups in total. The summed E-state index contributed by atoms with van der Waals surface area (Å²) in [7, 11) is 0. The fraction of sp³-hybridized carbons (Fsp3) is 0.667. The molecule has 0 aliphatic heterocycles. The molecule has 0 heterocycles. The van der Waals surface area contributed by atoms with E-state index in [0.717, 1.165) is 5.70 Å². The topological polar surface area (TPSA) is 75.3 Å². The van der Waals surface area contributed by atoms with Crippen LogP contribution < -0.4 is 5.73 Å². The Bertz CT molecular complexity index is 320. The summed E-state index contributed by atoms with van der Waals surface area (Å²) in [6.45, 7) is 6.52. The molecule has 21 heavy (non-hydrogen) atoms. The van der Waals surface area contributed by atoms with Crippen LogP contribution in [0.3, 0.4) is 0 Å². The molecule has 0 atom stereocenters. The van der Waals surface area contributed by atoms with Gasteiger partial charge in [0.05, 0.1) is 52.8 Å². The SMILES string of the molecule is C#CCOCCOCCOCCOCCN=C/C=C(/C)N. The van der Waals surface area contributed by atoms with Crippen molar-refractivity contribution in [3.8, 4) is 12.3 Å². The number of terminal acetylenes is 1. The van der Waals surface area contributed by atoms with E-state index < -0.39 is 0 Å². The van der Waals surface area contributed by atoms with E-state index in [4.69, 9.17) is 31.1 Å². The minimum absolute atomic E-state index is 0.323. The molecule has 0 aromatic carbocycles. The first-order valence-corrected chi connectivity index (χ1v) is 6.94. The summed E-state index contributed by atoms with van der Waals surface area (Å²) >= 11 is 0. The van der Waals surface area contributed by atoms with E-state index in [-0.39, 0.29) is 0 Å². The third-order valence-electron chi connectivity index (χ3n) is 2.11. The van der Waals surface area contributed by atoms with E-state index in [1.807, 2.05) is 6.92 Å². The Labute approximate surface area is 127 Å². The molecule has 0 amide bonds. The number of nitrogens with zero attached hydrogens (tertiary/aromatic N) is 1. The molecule has 0 aromatic rings. The molecule has 0 radical (unpaired) electrons. The Balaban J connectivity index is 3.08. The van der Waals surface area contributed by atoms with Crippen molar-refractivity contribution in [2.45, 2.75) is 6.92 Å². The molecule has 0 saturated carbocycles. The first kappa shape index (κ1) is 19.6. The molecule has 0 aliphatic rings. The fourth-order valence-electron chi connectivity index (χ4n) is 1.15. The zero-order valence-electron chi connectivity index (χ0n) is 12.8. The predicted molar refractivity (Wildman–Crippen MR) is 83.4 cm³/mol. The van der Waals surface area contributed by atoms with Gasteiger partial charge in [0.1, 0.15) is 6.61 Å². The second-order valence-electron chi connectivity index (χ2n) is 4.06. The highest BCUT2D eigenvalue weighted by Crippen LogP contribution is 1.83. The van der Waals surface area contributed by atoms with Gasteiger partial charge in [0.25, 0.3) is 0 Å². The Kier molecular flexibility index (Phi) is 15.6. The molecule has 0 spiro atoms. The summed E-state index contributed by atoms with van der Waals surface area (Å²) in [5.41, 5.74) is 6.18. The van der Waals surface area contributed by atoms with Gasteiger partial charge >= 0.3 is 0 Å². The normalized spacial score (nSPS) is 11.9. The summed E-state index contributed by atoms with van der Waals surface area (Å²) in [4.78, 5) is 4.11. The van der Waals surface area contributed by atoms with Crippen molar-refractivity contribution in [1.29, 1.82) is 0 Å². The van der Waals surface area contributed by atoms with E-state index in [0.29, 0.717) is 59.4 Å². The highest BCUT2D eigenvalue weighted by Gasteiger charge is 1.91. The zero-order valence-corrected chi connectivity index (χ0v) is 12.8. The Hall–Kier alpha value is -1.39. The van der Waals surface area contributed by atoms with Crippen molar-refractivity contribution < 1.29 is 18.9 Å². The van der Waals surface area contributed by atoms with Crippen molar-refractivity contribution in [2.75, 3.05) is 59.4 Å². The summed E-state index contributed by atoms with van der Waals surface area (Å²) in [6.07, 6.45) is 8.46. The predicted octanol–water partition coefficient (Wildman–Crippen LogP) is 0.619. The molecule has 120 valence electrons. The zero-order chi connectivity index (χ0) is 15.6. The average Bonchev–Trinajstić information content (AvgIpc) is 2.46. The van der Waals surface area contributed by atoms with E-state index >= 15 is 0 Å². The fourth-order valence-corrected chi connectivity index (χ4v) is 1.15. The van der Waals surface area contributed by atoms with E-state index in [1.54, 1.807) is 12.3 Å². The third-order valence-corrected chi connectivity index (χ3v) is 2.11. The summed E-state index contributed by atoms with van der Waals surface area (Å²) < 4.78 is 21.0. The highest BCUT2D eigenvalue weighted by atomic mass is 16.6. The van der Waals surface area contributed by atoms with Gasteiger partial charge in [0.2, 0.25) is 0 Å². The van der Waals surface area contributed by atoms with Gasteiger partial charge in [-0.1, -0.05) is 5.92 Å². The van der Waals surface area contributed by atoms with Crippen LogP contribution in [0.1, 0.15) is 6.92 Å². The van der Waals surface area contributed by atoms with Crippen LogP contribution in [0.4, 0.5) is 0 Å². The Morgan fingerprint density at radius 3 is 2.05 bits per heavy atom. The maximum atomic E-state index is 5.45. The van der Waals surface area contributed by atoms with E-state index in [2.05, 4.69) is 10.9 Å². The minimum atomic E-state index is 0.323. The van der Waals surface area contributed by atoms with Gasteiger partial charge in [-0.15, -0.1) is 6.42 Å². The smallest absolute Gasteiger partial charge is 0.107 e. The number of rotatable bonds is 14. The standard InChI is InChI=1S/C15H26N2O4/c1-3-7-18-9-11-20-13-14-21-12-10-19-8-6-17-5-4-15(2)16/h1,4-5H,6-14,16H2,2H3/b15-4-,17-5?. The Morgan fingerprint density at radius 2 is 1.52 bits per heavy atom. The van der Waals surface area contributed by atoms with Gasteiger partial charge in [-0.25, -0.2) is 0 Å². The van der Waals surface area contributed by atoms with Crippen molar-refractivity contribution in [3.05, 3.63) is 11.8 Å². The lowest BCUT2D eigenvalue weighted by atomic mass is 10.5. The molecule has 0 saturated heterocycles. The van der Waals surface area contributed by atoms with Gasteiger partial charge in [0, 0.05) is 11.9 Å². The van der Waals surface area contributed by atoms with Crippen molar-refractivity contribution in [1.82, 2.24) is 0 Å². The molecular weight excluding hydrogens is 272 g/mol. The van der Waals surface area contributed by atoms with Crippen molar-refractivity contribution >= 4 is 6.21 Å². The molecule has 0 unspecified atom stereocenters. The summed E-state index contributed by atoms with van der Waals surface area (Å²) in [5, 5.41) is 0. The average molecular weight is 298 g/mol. The van der Waals surface area contributed by atoms with Crippen LogP contribution in [-0.2, 0) is 18.9 Å². The van der Waals surface area contributed by atoms with Crippen LogP contribution >= 0.6 is 0 Å². The van der Waals surface area contributed by atoms with Gasteiger partial charge in [-0.3, -0.25) is 4.99 Å². The van der Waals surface area contributed by atoms with Gasteiger partial charge < -0.3 is 24.7 Å². The molecular formula is C15H26N2O4. The van der Waals surface area contributed by atoms with Crippen LogP contribution in [0.15, 0.2) is 16.8 Å². The molecule has 0 rings (SSSR count). The second-order valence-corrected chi connectivity index (χ2v) is 4.06. The van der Waals surface area contributed by atoms with Gasteiger partial charge in [0.15, 0.2) is 0 Å². The first-order chi connectivity index (χ1) is 10.3. The number of hydrogen-bond donors (Lipinski definition) is 1. The van der Waals surface area contributed by atoms with Gasteiger partial charge in [-0.2, -0.15) is 0 Å². The van der Waals surface area contributed by atoms with Crippen molar-refractivity contribution in [3.63, 3.8) is 0 Å². The van der Waals surface area contributed by atoms with E-state index in [1.165, 1.54) is 0 Å². The quantitative estimate of drug-likeness (QED) is 0.289. The molecule has 0 aromatic heterocycles. The molecule has 0 fully saturated rings. The number of ether oxygens (including phenoxy) is 4. The highest BCUT2D eigenvalue weighted by molar-refractivity contribution is 5.71. The molecule has 6 nitrogen and oxygen atoms in total. The largest absolute Gasteiger partial charge is 0.402 e. The summed E-state index contributed by atoms with van der Waals surface area (Å²) in [6, 6.07) is 0. The lowest BCUT2D eigenvalue weighted by Gasteiger charge is -2.06. The van der Waals surface area contributed by atoms with Crippen LogP contribution in [0.2, 0.25) is 0 Å². The van der Waals surface area contributed by atoms with E-state index in [9.17, 15) is 0 Å². The number of hydrogen-bond acceptors (Lipinski definition) is 6. The lowest BCUT2D eigenvalue weighted by molar-refractivity contribution is 0.00227. The number of nitrogens with two attached hydrogens (primary N) is 1. The maximum Gasteiger partial charge on any atom is 0.107 e. The number of allylic oxidation sites excluding steroid dienone is 2. The molecule has 6 heteroatoms. The molecule has 0 bridgehead atoms. The monoisotopic (exact) mass is 298 g/mol. The number of aliphatic imine (C=N–C) groups is 1. The third kappa shape index (κ3) is 18.6. The van der Waals surface area contributed by atoms with Crippen molar-refractivity contribution in [2.24, 2.45) is 10.7 Å². The van der Waals surface area contributed by atoms with Crippen LogP contribution in [0.5, 0.6) is 0 Å². The first-order valence-electron chi connectivity index (χ1n) is 6.94. The Morgan fingerprint density at radius 1 is 1.00 bits per heavy atom. The summed E-state index contributed by atoms with van der Waals surface area (Å²) in [5.74, 6) is 2.39. The van der Waals surface area contributed by atoms with Crippen LogP contribution in [-0.4, -0.2) is 65.6 Å². The molecule has 0 aliphatic carbocycles.